The van der Waals surface area contributed by atoms with Gasteiger partial charge in [0.05, 0.1) is 11.4 Å². The van der Waals surface area contributed by atoms with Gasteiger partial charge in [-0.3, -0.25) is 4.68 Å². The van der Waals surface area contributed by atoms with Crippen LogP contribution in [0.25, 0.3) is 0 Å². The molecular formula is C15H22N4. The predicted molar refractivity (Wildman–Crippen MR) is 80.9 cm³/mol. The first-order valence-corrected chi connectivity index (χ1v) is 6.57. The van der Waals surface area contributed by atoms with Crippen molar-refractivity contribution in [2.24, 2.45) is 7.05 Å². The molecule has 0 fully saturated rings. The Labute approximate surface area is 114 Å². The Morgan fingerprint density at radius 1 is 1.26 bits per heavy atom. The van der Waals surface area contributed by atoms with Crippen molar-refractivity contribution < 1.29 is 0 Å². The molecule has 0 atom stereocenters. The number of nitrogens with two attached hydrogens (primary N) is 1. The Morgan fingerprint density at radius 3 is 2.53 bits per heavy atom. The van der Waals surface area contributed by atoms with Gasteiger partial charge in [-0.25, -0.2) is 0 Å². The van der Waals surface area contributed by atoms with Crippen molar-refractivity contribution >= 4 is 17.2 Å². The molecular weight excluding hydrogens is 236 g/mol. The maximum Gasteiger partial charge on any atom is 0.152 e. The SMILES string of the molecule is Cc1cccc(Nc2c(N)c(C(C)C)nn2C)c1C. The van der Waals surface area contributed by atoms with Crippen LogP contribution in [0.1, 0.15) is 36.6 Å². The van der Waals surface area contributed by atoms with Crippen molar-refractivity contribution in [1.29, 1.82) is 0 Å². The minimum absolute atomic E-state index is 0.320. The number of aromatic nitrogens is 2. The molecule has 0 saturated carbocycles. The summed E-state index contributed by atoms with van der Waals surface area (Å²) in [4.78, 5) is 0. The molecule has 2 rings (SSSR count). The van der Waals surface area contributed by atoms with E-state index in [1.165, 1.54) is 11.1 Å². The lowest BCUT2D eigenvalue weighted by Crippen LogP contribution is -2.03. The van der Waals surface area contributed by atoms with Gasteiger partial charge in [0.2, 0.25) is 0 Å². The molecule has 0 bridgehead atoms. The van der Waals surface area contributed by atoms with Gasteiger partial charge in [-0.15, -0.1) is 0 Å². The molecule has 0 aliphatic rings. The summed E-state index contributed by atoms with van der Waals surface area (Å²) in [6.45, 7) is 8.40. The number of nitrogens with zero attached hydrogens (tertiary/aromatic N) is 2. The molecule has 0 spiro atoms. The van der Waals surface area contributed by atoms with Crippen LogP contribution in [-0.2, 0) is 7.05 Å². The number of benzene rings is 1. The Balaban J connectivity index is 2.41. The van der Waals surface area contributed by atoms with E-state index >= 15 is 0 Å². The number of aryl methyl sites for hydroxylation is 2. The first kappa shape index (κ1) is 13.5. The first-order chi connectivity index (χ1) is 8.91. The Hall–Kier alpha value is -1.97. The highest BCUT2D eigenvalue weighted by molar-refractivity contribution is 5.73. The van der Waals surface area contributed by atoms with Crippen LogP contribution < -0.4 is 11.1 Å². The van der Waals surface area contributed by atoms with Crippen LogP contribution in [0, 0.1) is 13.8 Å². The van der Waals surface area contributed by atoms with Crippen molar-refractivity contribution in [2.45, 2.75) is 33.6 Å². The lowest BCUT2D eigenvalue weighted by molar-refractivity contribution is 0.718. The highest BCUT2D eigenvalue weighted by Crippen LogP contribution is 2.31. The van der Waals surface area contributed by atoms with E-state index in [0.717, 1.165) is 22.9 Å². The fourth-order valence-electron chi connectivity index (χ4n) is 2.15. The zero-order valence-corrected chi connectivity index (χ0v) is 12.3. The molecule has 1 aromatic heterocycles. The van der Waals surface area contributed by atoms with Gasteiger partial charge < -0.3 is 11.1 Å². The van der Waals surface area contributed by atoms with Gasteiger partial charge in [0, 0.05) is 12.7 Å². The van der Waals surface area contributed by atoms with E-state index in [4.69, 9.17) is 5.73 Å². The second kappa shape index (κ2) is 4.96. The summed E-state index contributed by atoms with van der Waals surface area (Å²) in [7, 11) is 1.91. The second-order valence-corrected chi connectivity index (χ2v) is 5.30. The van der Waals surface area contributed by atoms with E-state index in [2.05, 4.69) is 50.2 Å². The monoisotopic (exact) mass is 258 g/mol. The number of hydrogen-bond acceptors (Lipinski definition) is 3. The standard InChI is InChI=1S/C15H22N4/c1-9(2)14-13(16)15(19(5)18-14)17-12-8-6-7-10(3)11(12)4/h6-9,17H,16H2,1-5H3. The molecule has 4 nitrogen and oxygen atoms in total. The Kier molecular flexibility index (Phi) is 3.51. The molecule has 3 N–H and O–H groups in total. The summed E-state index contributed by atoms with van der Waals surface area (Å²) in [5, 5.41) is 7.89. The minimum Gasteiger partial charge on any atom is -0.394 e. The highest BCUT2D eigenvalue weighted by Gasteiger charge is 2.16. The van der Waals surface area contributed by atoms with Crippen molar-refractivity contribution in [3.63, 3.8) is 0 Å². The molecule has 1 heterocycles. The number of hydrogen-bond donors (Lipinski definition) is 2. The maximum atomic E-state index is 6.20. The van der Waals surface area contributed by atoms with Crippen LogP contribution in [0.2, 0.25) is 0 Å². The first-order valence-electron chi connectivity index (χ1n) is 6.57. The summed E-state index contributed by atoms with van der Waals surface area (Å²) in [6.07, 6.45) is 0. The van der Waals surface area contributed by atoms with Crippen molar-refractivity contribution in [3.05, 3.63) is 35.0 Å². The molecule has 4 heteroatoms. The number of rotatable bonds is 3. The zero-order chi connectivity index (χ0) is 14.2. The van der Waals surface area contributed by atoms with Crippen molar-refractivity contribution in [3.8, 4) is 0 Å². The topological polar surface area (TPSA) is 55.9 Å². The molecule has 2 aromatic rings. The summed E-state index contributed by atoms with van der Waals surface area (Å²) in [6, 6.07) is 6.21. The van der Waals surface area contributed by atoms with Gasteiger partial charge in [-0.05, 0) is 37.0 Å². The van der Waals surface area contributed by atoms with E-state index in [0.29, 0.717) is 5.92 Å². The minimum atomic E-state index is 0.320. The Morgan fingerprint density at radius 2 is 1.95 bits per heavy atom. The molecule has 0 aliphatic heterocycles. The number of anilines is 3. The highest BCUT2D eigenvalue weighted by atomic mass is 15.3. The third kappa shape index (κ3) is 2.43. The molecule has 19 heavy (non-hydrogen) atoms. The average Bonchev–Trinajstić information content (AvgIpc) is 2.63. The van der Waals surface area contributed by atoms with Gasteiger partial charge in [0.1, 0.15) is 0 Å². The lowest BCUT2D eigenvalue weighted by Gasteiger charge is -2.12. The normalized spacial score (nSPS) is 11.1. The fourth-order valence-corrected chi connectivity index (χ4v) is 2.15. The van der Waals surface area contributed by atoms with Crippen LogP contribution in [0.4, 0.5) is 17.2 Å². The van der Waals surface area contributed by atoms with Gasteiger partial charge in [0.25, 0.3) is 0 Å². The van der Waals surface area contributed by atoms with Crippen LogP contribution in [-0.4, -0.2) is 9.78 Å². The van der Waals surface area contributed by atoms with Crippen LogP contribution >= 0.6 is 0 Å². The third-order valence-electron chi connectivity index (χ3n) is 3.52. The Bertz CT molecular complexity index is 596. The van der Waals surface area contributed by atoms with Gasteiger partial charge in [-0.1, -0.05) is 26.0 Å². The van der Waals surface area contributed by atoms with Crippen LogP contribution in [0.3, 0.4) is 0 Å². The molecule has 102 valence electrons. The lowest BCUT2D eigenvalue weighted by atomic mass is 10.1. The fraction of sp³-hybridized carbons (Fsp3) is 0.400. The predicted octanol–water partition coefficient (Wildman–Crippen LogP) is 3.49. The third-order valence-corrected chi connectivity index (χ3v) is 3.52. The summed E-state index contributed by atoms with van der Waals surface area (Å²) < 4.78 is 1.81. The van der Waals surface area contributed by atoms with Gasteiger partial charge in [-0.2, -0.15) is 5.10 Å². The molecule has 0 radical (unpaired) electrons. The number of nitrogen functional groups attached to an aromatic ring is 1. The van der Waals surface area contributed by atoms with E-state index in [-0.39, 0.29) is 0 Å². The molecule has 0 saturated heterocycles. The zero-order valence-electron chi connectivity index (χ0n) is 12.3. The average molecular weight is 258 g/mol. The quantitative estimate of drug-likeness (QED) is 0.886. The van der Waals surface area contributed by atoms with Crippen LogP contribution in [0.15, 0.2) is 18.2 Å². The largest absolute Gasteiger partial charge is 0.394 e. The van der Waals surface area contributed by atoms with Crippen molar-refractivity contribution in [1.82, 2.24) is 9.78 Å². The van der Waals surface area contributed by atoms with Crippen molar-refractivity contribution in [2.75, 3.05) is 11.1 Å². The summed E-state index contributed by atoms with van der Waals surface area (Å²) in [5.74, 6) is 1.18. The van der Waals surface area contributed by atoms with Gasteiger partial charge >= 0.3 is 0 Å². The second-order valence-electron chi connectivity index (χ2n) is 5.30. The molecule has 1 aromatic carbocycles. The van der Waals surface area contributed by atoms with E-state index in [1.807, 2.05) is 17.8 Å². The van der Waals surface area contributed by atoms with E-state index in [9.17, 15) is 0 Å². The van der Waals surface area contributed by atoms with E-state index in [1.54, 1.807) is 0 Å². The molecule has 0 aliphatic carbocycles. The molecule has 0 amide bonds. The summed E-state index contributed by atoms with van der Waals surface area (Å²) >= 11 is 0. The van der Waals surface area contributed by atoms with E-state index < -0.39 is 0 Å². The summed E-state index contributed by atoms with van der Waals surface area (Å²) in [5.41, 5.74) is 11.4. The maximum absolute atomic E-state index is 6.20. The molecule has 0 unspecified atom stereocenters. The van der Waals surface area contributed by atoms with Gasteiger partial charge in [0.15, 0.2) is 5.82 Å². The number of nitrogens with one attached hydrogen (secondary N) is 1. The smallest absolute Gasteiger partial charge is 0.152 e. The van der Waals surface area contributed by atoms with Crippen LogP contribution in [0.5, 0.6) is 0 Å².